The summed E-state index contributed by atoms with van der Waals surface area (Å²) in [6.45, 7) is 5.32. The van der Waals surface area contributed by atoms with Gasteiger partial charge in [0.05, 0.1) is 10.6 Å². The summed E-state index contributed by atoms with van der Waals surface area (Å²) in [6.07, 6.45) is 0. The molecule has 3 amide bonds. The molecule has 25 heavy (non-hydrogen) atoms. The minimum Gasteiger partial charge on any atom is -0.306 e. The maximum absolute atomic E-state index is 13.2. The van der Waals surface area contributed by atoms with E-state index < -0.39 is 23.3 Å². The predicted octanol–water partition coefficient (Wildman–Crippen LogP) is 4.46. The van der Waals surface area contributed by atoms with Gasteiger partial charge in [-0.15, -0.1) is 0 Å². The van der Waals surface area contributed by atoms with Gasteiger partial charge in [-0.3, -0.25) is 10.2 Å². The minimum atomic E-state index is -0.696. The van der Waals surface area contributed by atoms with Gasteiger partial charge >= 0.3 is 6.03 Å². The molecule has 0 aliphatic heterocycles. The molecule has 2 aromatic carbocycles. The van der Waals surface area contributed by atoms with E-state index in [0.29, 0.717) is 11.3 Å². The van der Waals surface area contributed by atoms with Crippen LogP contribution in [0.4, 0.5) is 14.9 Å². The zero-order chi connectivity index (χ0) is 18.6. The van der Waals surface area contributed by atoms with E-state index in [1.807, 2.05) is 0 Å². The molecule has 2 rings (SSSR count). The number of carbonyl (C=O) groups excluding carboxylic acids is 2. The number of nitrogens with one attached hydrogen (secondary N) is 2. The van der Waals surface area contributed by atoms with E-state index >= 15 is 0 Å². The van der Waals surface area contributed by atoms with Crippen molar-refractivity contribution >= 4 is 29.2 Å². The lowest BCUT2D eigenvalue weighted by molar-refractivity contribution is 0.0687. The highest BCUT2D eigenvalue weighted by molar-refractivity contribution is 6.31. The highest BCUT2D eigenvalue weighted by Gasteiger charge is 2.29. The summed E-state index contributed by atoms with van der Waals surface area (Å²) in [5, 5.41) is 3.67. The van der Waals surface area contributed by atoms with Crippen LogP contribution in [0, 0.1) is 5.82 Å². The number of hydrazine groups is 1. The van der Waals surface area contributed by atoms with Crippen LogP contribution in [-0.4, -0.2) is 22.5 Å². The molecule has 0 aromatic heterocycles. The third kappa shape index (κ3) is 4.93. The van der Waals surface area contributed by atoms with Gasteiger partial charge in [0.1, 0.15) is 5.82 Å². The largest absolute Gasteiger partial charge is 0.341 e. The second kappa shape index (κ2) is 7.53. The van der Waals surface area contributed by atoms with E-state index in [1.54, 1.807) is 51.1 Å². The molecule has 0 bridgehead atoms. The van der Waals surface area contributed by atoms with Crippen molar-refractivity contribution in [1.29, 1.82) is 0 Å². The standard InChI is InChI=1S/C18H19ClFN3O2/c1-18(2,3)23(22-16(24)12-7-5-4-6-8-12)17(25)21-13-9-10-15(20)14(19)11-13/h4-11H,1-3H3,(H,21,25)(H,22,24). The van der Waals surface area contributed by atoms with Gasteiger partial charge in [-0.25, -0.2) is 14.2 Å². The molecular formula is C18H19ClFN3O2. The Bertz CT molecular complexity index is 776. The first-order chi connectivity index (χ1) is 11.7. The Labute approximate surface area is 150 Å². The van der Waals surface area contributed by atoms with Gasteiger partial charge in [0.2, 0.25) is 0 Å². The second-order valence-electron chi connectivity index (χ2n) is 6.37. The van der Waals surface area contributed by atoms with E-state index in [-0.39, 0.29) is 5.02 Å². The van der Waals surface area contributed by atoms with Gasteiger partial charge in [-0.05, 0) is 51.1 Å². The molecule has 0 fully saturated rings. The second-order valence-corrected chi connectivity index (χ2v) is 6.78. The molecule has 2 aromatic rings. The first-order valence-corrected chi connectivity index (χ1v) is 7.98. The van der Waals surface area contributed by atoms with Crippen molar-refractivity contribution in [3.63, 3.8) is 0 Å². The van der Waals surface area contributed by atoms with Crippen molar-refractivity contribution in [3.05, 3.63) is 64.9 Å². The van der Waals surface area contributed by atoms with Crippen LogP contribution in [0.3, 0.4) is 0 Å². The summed E-state index contributed by atoms with van der Waals surface area (Å²) < 4.78 is 13.2. The summed E-state index contributed by atoms with van der Waals surface area (Å²) in [7, 11) is 0. The molecule has 0 aliphatic carbocycles. The van der Waals surface area contributed by atoms with Crippen LogP contribution in [0.15, 0.2) is 48.5 Å². The molecule has 0 aliphatic rings. The highest BCUT2D eigenvalue weighted by atomic mass is 35.5. The topological polar surface area (TPSA) is 61.4 Å². The van der Waals surface area contributed by atoms with Crippen molar-refractivity contribution in [3.8, 4) is 0 Å². The van der Waals surface area contributed by atoms with E-state index in [0.717, 1.165) is 6.07 Å². The van der Waals surface area contributed by atoms with E-state index in [4.69, 9.17) is 11.6 Å². The van der Waals surface area contributed by atoms with Crippen LogP contribution in [0.2, 0.25) is 5.02 Å². The molecule has 2 N–H and O–H groups in total. The summed E-state index contributed by atoms with van der Waals surface area (Å²) >= 11 is 5.72. The Morgan fingerprint density at radius 1 is 1.08 bits per heavy atom. The first kappa shape index (κ1) is 18.7. The van der Waals surface area contributed by atoms with Crippen molar-refractivity contribution in [2.75, 3.05) is 5.32 Å². The van der Waals surface area contributed by atoms with Crippen LogP contribution in [-0.2, 0) is 0 Å². The molecule has 5 nitrogen and oxygen atoms in total. The number of hydrogen-bond donors (Lipinski definition) is 2. The van der Waals surface area contributed by atoms with Crippen molar-refractivity contribution < 1.29 is 14.0 Å². The van der Waals surface area contributed by atoms with Gasteiger partial charge in [-0.2, -0.15) is 0 Å². The van der Waals surface area contributed by atoms with Crippen LogP contribution in [0.25, 0.3) is 0 Å². The van der Waals surface area contributed by atoms with Gasteiger partial charge < -0.3 is 5.32 Å². The summed E-state index contributed by atoms with van der Waals surface area (Å²) in [4.78, 5) is 24.9. The number of hydrogen-bond acceptors (Lipinski definition) is 2. The SMILES string of the molecule is CC(C)(C)N(NC(=O)c1ccccc1)C(=O)Nc1ccc(F)c(Cl)c1. The van der Waals surface area contributed by atoms with E-state index in [2.05, 4.69) is 10.7 Å². The van der Waals surface area contributed by atoms with Gasteiger partial charge in [0.15, 0.2) is 0 Å². The fraction of sp³-hybridized carbons (Fsp3) is 0.222. The monoisotopic (exact) mass is 363 g/mol. The van der Waals surface area contributed by atoms with Gasteiger partial charge in [-0.1, -0.05) is 29.8 Å². The molecule has 0 atom stereocenters. The fourth-order valence-electron chi connectivity index (χ4n) is 2.03. The minimum absolute atomic E-state index is 0.103. The van der Waals surface area contributed by atoms with Crippen molar-refractivity contribution in [1.82, 2.24) is 10.4 Å². The zero-order valence-corrected chi connectivity index (χ0v) is 14.9. The van der Waals surface area contributed by atoms with Gasteiger partial charge in [0, 0.05) is 11.3 Å². The first-order valence-electron chi connectivity index (χ1n) is 7.61. The normalized spacial score (nSPS) is 10.9. The Balaban J connectivity index is 2.17. The number of rotatable bonds is 2. The third-order valence-corrected chi connectivity index (χ3v) is 3.58. The fourth-order valence-corrected chi connectivity index (χ4v) is 2.21. The van der Waals surface area contributed by atoms with Crippen LogP contribution in [0.1, 0.15) is 31.1 Å². The maximum Gasteiger partial charge on any atom is 0.341 e. The molecule has 0 radical (unpaired) electrons. The quantitative estimate of drug-likeness (QED) is 0.774. The molecule has 0 spiro atoms. The Kier molecular flexibility index (Phi) is 5.64. The summed E-state index contributed by atoms with van der Waals surface area (Å²) in [6, 6.07) is 11.8. The number of halogens is 2. The van der Waals surface area contributed by atoms with Crippen LogP contribution >= 0.6 is 11.6 Å². The molecular weight excluding hydrogens is 345 g/mol. The Hall–Kier alpha value is -2.60. The molecule has 7 heteroatoms. The molecule has 132 valence electrons. The van der Waals surface area contributed by atoms with Crippen molar-refractivity contribution in [2.45, 2.75) is 26.3 Å². The predicted molar refractivity (Wildman–Crippen MR) is 95.9 cm³/mol. The molecule has 0 unspecified atom stereocenters. The summed E-state index contributed by atoms with van der Waals surface area (Å²) in [5.41, 5.74) is 2.64. The van der Waals surface area contributed by atoms with Crippen molar-refractivity contribution in [2.24, 2.45) is 0 Å². The summed E-state index contributed by atoms with van der Waals surface area (Å²) in [5.74, 6) is -0.993. The lowest BCUT2D eigenvalue weighted by Crippen LogP contribution is -2.57. The number of amides is 3. The number of carbonyl (C=O) groups is 2. The smallest absolute Gasteiger partial charge is 0.306 e. The number of nitrogens with zero attached hydrogens (tertiary/aromatic N) is 1. The van der Waals surface area contributed by atoms with E-state index in [1.165, 1.54) is 17.1 Å². The molecule has 0 heterocycles. The lowest BCUT2D eigenvalue weighted by Gasteiger charge is -2.35. The number of anilines is 1. The Morgan fingerprint density at radius 3 is 2.28 bits per heavy atom. The average molecular weight is 364 g/mol. The van der Waals surface area contributed by atoms with E-state index in [9.17, 15) is 14.0 Å². The average Bonchev–Trinajstić information content (AvgIpc) is 2.55. The number of urea groups is 1. The van der Waals surface area contributed by atoms with Crippen LogP contribution < -0.4 is 10.7 Å². The van der Waals surface area contributed by atoms with Crippen LogP contribution in [0.5, 0.6) is 0 Å². The lowest BCUT2D eigenvalue weighted by atomic mass is 10.1. The zero-order valence-electron chi connectivity index (χ0n) is 14.1. The number of benzene rings is 2. The maximum atomic E-state index is 13.2. The van der Waals surface area contributed by atoms with Gasteiger partial charge in [0.25, 0.3) is 5.91 Å². The molecule has 0 saturated carbocycles. The molecule has 0 saturated heterocycles. The third-order valence-electron chi connectivity index (χ3n) is 3.29. The highest BCUT2D eigenvalue weighted by Crippen LogP contribution is 2.20. The Morgan fingerprint density at radius 2 is 1.72 bits per heavy atom.